The van der Waals surface area contributed by atoms with Crippen LogP contribution in [-0.2, 0) is 0 Å². The number of hydrogen-bond donors (Lipinski definition) is 0. The maximum Gasteiger partial charge on any atom is 0.0585 e. The van der Waals surface area contributed by atoms with Crippen LogP contribution in [0.4, 0.5) is 0 Å². The van der Waals surface area contributed by atoms with Crippen molar-refractivity contribution in [3.8, 4) is 0 Å². The van der Waals surface area contributed by atoms with Crippen molar-refractivity contribution in [1.82, 2.24) is 0 Å². The van der Waals surface area contributed by atoms with Gasteiger partial charge in [0, 0.05) is 0 Å². The predicted octanol–water partition coefficient (Wildman–Crippen LogP) is 5.33. The number of rotatable bonds is 4. The summed E-state index contributed by atoms with van der Waals surface area (Å²) < 4.78 is 0. The van der Waals surface area contributed by atoms with Gasteiger partial charge in [0.25, 0.3) is 0 Å². The molecule has 0 saturated heterocycles. The molecule has 1 unspecified atom stereocenters. The smallest absolute Gasteiger partial charge is 0.0585 e. The highest BCUT2D eigenvalue weighted by atomic mass is 35.5. The SMILES string of the molecule is ClC(CCC1CCCCC1)c1ccccc1. The molecule has 0 nitrogen and oxygen atoms in total. The maximum absolute atomic E-state index is 6.43. The Morgan fingerprint density at radius 1 is 1.06 bits per heavy atom. The van der Waals surface area contributed by atoms with Crippen LogP contribution in [0.25, 0.3) is 0 Å². The fourth-order valence-electron chi connectivity index (χ4n) is 2.69. The molecule has 1 aromatic carbocycles. The second kappa shape index (κ2) is 6.30. The van der Waals surface area contributed by atoms with E-state index in [0.29, 0.717) is 0 Å². The van der Waals surface area contributed by atoms with Gasteiger partial charge in [0.2, 0.25) is 0 Å². The zero-order chi connectivity index (χ0) is 11.2. The summed E-state index contributed by atoms with van der Waals surface area (Å²) in [6, 6.07) is 10.5. The van der Waals surface area contributed by atoms with Gasteiger partial charge in [-0.05, 0) is 24.3 Å². The molecule has 88 valence electrons. The fraction of sp³-hybridized carbons (Fsp3) is 0.600. The van der Waals surface area contributed by atoms with Crippen molar-refractivity contribution in [1.29, 1.82) is 0 Å². The third kappa shape index (κ3) is 3.52. The molecule has 1 atom stereocenters. The van der Waals surface area contributed by atoms with Crippen LogP contribution in [0.15, 0.2) is 30.3 Å². The Morgan fingerprint density at radius 2 is 1.75 bits per heavy atom. The molecular formula is C15H21Cl. The van der Waals surface area contributed by atoms with Crippen LogP contribution in [0.2, 0.25) is 0 Å². The summed E-state index contributed by atoms with van der Waals surface area (Å²) in [4.78, 5) is 0. The number of halogens is 1. The summed E-state index contributed by atoms with van der Waals surface area (Å²) in [7, 11) is 0. The molecule has 0 heterocycles. The fourth-order valence-corrected chi connectivity index (χ4v) is 2.96. The van der Waals surface area contributed by atoms with Gasteiger partial charge in [0.05, 0.1) is 5.38 Å². The van der Waals surface area contributed by atoms with E-state index in [2.05, 4.69) is 24.3 Å². The minimum absolute atomic E-state index is 0.211. The van der Waals surface area contributed by atoms with Crippen molar-refractivity contribution in [3.05, 3.63) is 35.9 Å². The van der Waals surface area contributed by atoms with E-state index < -0.39 is 0 Å². The summed E-state index contributed by atoms with van der Waals surface area (Å²) >= 11 is 6.43. The minimum atomic E-state index is 0.211. The Morgan fingerprint density at radius 3 is 2.44 bits per heavy atom. The highest BCUT2D eigenvalue weighted by Gasteiger charge is 2.15. The zero-order valence-corrected chi connectivity index (χ0v) is 10.6. The molecule has 1 saturated carbocycles. The third-order valence-corrected chi connectivity index (χ3v) is 4.18. The molecule has 1 heteroatoms. The van der Waals surface area contributed by atoms with Gasteiger partial charge in [0.15, 0.2) is 0 Å². The molecule has 1 aliphatic rings. The summed E-state index contributed by atoms with van der Waals surface area (Å²) in [6.45, 7) is 0. The van der Waals surface area contributed by atoms with Gasteiger partial charge in [-0.25, -0.2) is 0 Å². The minimum Gasteiger partial charge on any atom is -0.118 e. The molecule has 1 aliphatic carbocycles. The monoisotopic (exact) mass is 236 g/mol. The standard InChI is InChI=1S/C15H21Cl/c16-15(14-9-5-2-6-10-14)12-11-13-7-3-1-4-8-13/h2,5-6,9-10,13,15H,1,3-4,7-8,11-12H2. The lowest BCUT2D eigenvalue weighted by Crippen LogP contribution is -2.07. The second-order valence-electron chi connectivity index (χ2n) is 4.96. The molecule has 0 aliphatic heterocycles. The van der Waals surface area contributed by atoms with E-state index in [9.17, 15) is 0 Å². The van der Waals surface area contributed by atoms with Gasteiger partial charge in [-0.2, -0.15) is 0 Å². The molecule has 0 bridgehead atoms. The van der Waals surface area contributed by atoms with Gasteiger partial charge < -0.3 is 0 Å². The molecule has 0 amide bonds. The molecule has 1 aromatic rings. The largest absolute Gasteiger partial charge is 0.118 e. The highest BCUT2D eigenvalue weighted by molar-refractivity contribution is 6.20. The number of hydrogen-bond acceptors (Lipinski definition) is 0. The molecule has 0 spiro atoms. The first-order chi connectivity index (χ1) is 7.86. The molecular weight excluding hydrogens is 216 g/mol. The Balaban J connectivity index is 1.77. The highest BCUT2D eigenvalue weighted by Crippen LogP contribution is 2.32. The average molecular weight is 237 g/mol. The predicted molar refractivity (Wildman–Crippen MR) is 70.8 cm³/mol. The van der Waals surface area contributed by atoms with E-state index in [1.807, 2.05) is 6.07 Å². The number of alkyl halides is 1. The third-order valence-electron chi connectivity index (χ3n) is 3.71. The van der Waals surface area contributed by atoms with E-state index in [1.165, 1.54) is 44.1 Å². The molecule has 2 rings (SSSR count). The summed E-state index contributed by atoms with van der Waals surface area (Å²) in [5, 5.41) is 0.211. The van der Waals surface area contributed by atoms with Crippen LogP contribution in [0.1, 0.15) is 55.9 Å². The van der Waals surface area contributed by atoms with Crippen LogP contribution in [0.3, 0.4) is 0 Å². The lowest BCUT2D eigenvalue weighted by Gasteiger charge is -2.22. The first-order valence-electron chi connectivity index (χ1n) is 6.55. The van der Waals surface area contributed by atoms with E-state index in [0.717, 1.165) is 12.3 Å². The Hall–Kier alpha value is -0.490. The van der Waals surface area contributed by atoms with E-state index in [4.69, 9.17) is 11.6 Å². The molecule has 0 radical (unpaired) electrons. The summed E-state index contributed by atoms with van der Waals surface area (Å²) in [5.74, 6) is 0.943. The van der Waals surface area contributed by atoms with Crippen LogP contribution < -0.4 is 0 Å². The Kier molecular flexibility index (Phi) is 4.71. The average Bonchev–Trinajstić information content (AvgIpc) is 2.38. The van der Waals surface area contributed by atoms with Crippen molar-refractivity contribution >= 4 is 11.6 Å². The first kappa shape index (κ1) is 12.0. The van der Waals surface area contributed by atoms with Crippen molar-refractivity contribution in [2.75, 3.05) is 0 Å². The van der Waals surface area contributed by atoms with Gasteiger partial charge in [-0.1, -0.05) is 62.4 Å². The second-order valence-corrected chi connectivity index (χ2v) is 5.49. The van der Waals surface area contributed by atoms with Crippen molar-refractivity contribution in [2.24, 2.45) is 5.92 Å². The zero-order valence-electron chi connectivity index (χ0n) is 9.87. The van der Waals surface area contributed by atoms with Crippen LogP contribution in [-0.4, -0.2) is 0 Å². The van der Waals surface area contributed by atoms with Gasteiger partial charge in [0.1, 0.15) is 0 Å². The summed E-state index contributed by atoms with van der Waals surface area (Å²) in [6.07, 6.45) is 9.61. The van der Waals surface area contributed by atoms with Gasteiger partial charge >= 0.3 is 0 Å². The van der Waals surface area contributed by atoms with Crippen LogP contribution in [0, 0.1) is 5.92 Å². The van der Waals surface area contributed by atoms with E-state index >= 15 is 0 Å². The summed E-state index contributed by atoms with van der Waals surface area (Å²) in [5.41, 5.74) is 1.28. The Bertz CT molecular complexity index is 288. The first-order valence-corrected chi connectivity index (χ1v) is 6.99. The maximum atomic E-state index is 6.43. The topological polar surface area (TPSA) is 0 Å². The van der Waals surface area contributed by atoms with Crippen LogP contribution >= 0.6 is 11.6 Å². The van der Waals surface area contributed by atoms with Crippen LogP contribution in [0.5, 0.6) is 0 Å². The molecule has 16 heavy (non-hydrogen) atoms. The van der Waals surface area contributed by atoms with E-state index in [1.54, 1.807) is 0 Å². The normalized spacial score (nSPS) is 19.6. The molecule has 0 N–H and O–H groups in total. The van der Waals surface area contributed by atoms with Gasteiger partial charge in [-0.3, -0.25) is 0 Å². The number of benzene rings is 1. The Labute approximate surface area is 104 Å². The van der Waals surface area contributed by atoms with Crippen molar-refractivity contribution in [3.63, 3.8) is 0 Å². The molecule has 1 fully saturated rings. The quantitative estimate of drug-likeness (QED) is 0.620. The molecule has 0 aromatic heterocycles. The lowest BCUT2D eigenvalue weighted by molar-refractivity contribution is 0.331. The van der Waals surface area contributed by atoms with Crippen molar-refractivity contribution in [2.45, 2.75) is 50.3 Å². The van der Waals surface area contributed by atoms with Gasteiger partial charge in [-0.15, -0.1) is 11.6 Å². The lowest BCUT2D eigenvalue weighted by atomic mass is 9.85. The van der Waals surface area contributed by atoms with Crippen molar-refractivity contribution < 1.29 is 0 Å². The van der Waals surface area contributed by atoms with E-state index in [-0.39, 0.29) is 5.38 Å².